The summed E-state index contributed by atoms with van der Waals surface area (Å²) in [5.74, 6) is 1.15. The molecule has 0 saturated heterocycles. The predicted octanol–water partition coefficient (Wildman–Crippen LogP) is 3.69. The highest BCUT2D eigenvalue weighted by Gasteiger charge is 2.20. The zero-order chi connectivity index (χ0) is 21.5. The number of hydrogen-bond donors (Lipinski definition) is 1. The molecule has 3 rings (SSSR count). The lowest BCUT2D eigenvalue weighted by molar-refractivity contribution is -0.133. The van der Waals surface area contributed by atoms with Gasteiger partial charge < -0.3 is 19.4 Å². The number of aryl methyl sites for hydroxylation is 1. The molecular weight excluding hydrogens is 382 g/mol. The number of likely N-dealkylation sites (N-methyl/N-ethyl adjacent to an activating group) is 1. The van der Waals surface area contributed by atoms with Crippen molar-refractivity contribution < 1.29 is 18.7 Å². The van der Waals surface area contributed by atoms with E-state index in [1.54, 1.807) is 25.1 Å². The van der Waals surface area contributed by atoms with Crippen molar-refractivity contribution in [3.63, 3.8) is 0 Å². The lowest BCUT2D eigenvalue weighted by atomic mass is 10.2. The number of oxazole rings is 1. The Bertz CT molecular complexity index is 1010. The Labute approximate surface area is 175 Å². The molecule has 3 aromatic rings. The molecule has 0 unspecified atom stereocenters. The fourth-order valence-electron chi connectivity index (χ4n) is 3.04. The van der Waals surface area contributed by atoms with Crippen LogP contribution >= 0.6 is 0 Å². The van der Waals surface area contributed by atoms with Gasteiger partial charge in [-0.05, 0) is 38.1 Å². The van der Waals surface area contributed by atoms with E-state index in [0.29, 0.717) is 35.3 Å². The summed E-state index contributed by atoms with van der Waals surface area (Å²) < 4.78 is 11.0. The molecule has 156 valence electrons. The van der Waals surface area contributed by atoms with E-state index in [1.165, 1.54) is 12.0 Å². The molecule has 7 nitrogen and oxygen atoms in total. The van der Waals surface area contributed by atoms with E-state index in [2.05, 4.69) is 10.3 Å². The number of nitrogens with zero attached hydrogens (tertiary/aromatic N) is 2. The summed E-state index contributed by atoms with van der Waals surface area (Å²) in [5, 5.41) is 2.79. The van der Waals surface area contributed by atoms with Gasteiger partial charge in [0.05, 0.1) is 31.5 Å². The van der Waals surface area contributed by atoms with Gasteiger partial charge in [0.1, 0.15) is 11.5 Å². The van der Waals surface area contributed by atoms with Gasteiger partial charge in [-0.25, -0.2) is 4.98 Å². The van der Waals surface area contributed by atoms with Gasteiger partial charge in [0, 0.05) is 12.1 Å². The zero-order valence-electron chi connectivity index (χ0n) is 17.3. The number of carbonyl (C=O) groups is 2. The van der Waals surface area contributed by atoms with Crippen LogP contribution in [-0.4, -0.2) is 41.9 Å². The zero-order valence-corrected chi connectivity index (χ0v) is 17.3. The van der Waals surface area contributed by atoms with Gasteiger partial charge in [-0.1, -0.05) is 30.3 Å². The van der Waals surface area contributed by atoms with Crippen LogP contribution < -0.4 is 10.1 Å². The summed E-state index contributed by atoms with van der Waals surface area (Å²) in [6.45, 7) is 3.96. The number of methoxy groups -OCH3 is 1. The van der Waals surface area contributed by atoms with Crippen LogP contribution in [0.5, 0.6) is 5.75 Å². The van der Waals surface area contributed by atoms with Gasteiger partial charge in [0.15, 0.2) is 0 Å². The molecule has 1 N–H and O–H groups in total. The molecule has 0 fully saturated rings. The molecule has 0 bridgehead atoms. The van der Waals surface area contributed by atoms with Crippen molar-refractivity contribution in [2.45, 2.75) is 20.3 Å². The maximum Gasteiger partial charge on any atom is 0.244 e. The molecular formula is C23H25N3O4. The molecule has 2 amide bonds. The summed E-state index contributed by atoms with van der Waals surface area (Å²) in [5.41, 5.74) is 1.98. The topological polar surface area (TPSA) is 84.7 Å². The van der Waals surface area contributed by atoms with Crippen molar-refractivity contribution in [3.05, 3.63) is 66.1 Å². The molecule has 1 aromatic heterocycles. The molecule has 0 saturated carbocycles. The Morgan fingerprint density at radius 1 is 1.10 bits per heavy atom. The number of rotatable bonds is 8. The number of ether oxygens (including phenoxy) is 1. The minimum atomic E-state index is -0.295. The summed E-state index contributed by atoms with van der Waals surface area (Å²) in [4.78, 5) is 31.2. The standard InChI is InChI=1S/C23H25N3O4/c1-4-26(15-21(27)24-18-12-8-9-13-20(18)29-3)22(28)14-19-16(2)30-23(25-19)17-10-6-5-7-11-17/h5-13H,4,14-15H2,1-3H3,(H,24,27). The van der Waals surface area contributed by atoms with Crippen LogP contribution in [0.25, 0.3) is 11.5 Å². The maximum absolute atomic E-state index is 12.8. The summed E-state index contributed by atoms with van der Waals surface area (Å²) >= 11 is 0. The smallest absolute Gasteiger partial charge is 0.244 e. The Kier molecular flexibility index (Phi) is 6.85. The highest BCUT2D eigenvalue weighted by molar-refractivity contribution is 5.95. The number of aromatic nitrogens is 1. The first kappa shape index (κ1) is 21.1. The van der Waals surface area contributed by atoms with E-state index < -0.39 is 0 Å². The third kappa shape index (κ3) is 5.05. The van der Waals surface area contributed by atoms with Gasteiger partial charge in [-0.3, -0.25) is 9.59 Å². The van der Waals surface area contributed by atoms with Crippen LogP contribution in [0.2, 0.25) is 0 Å². The predicted molar refractivity (Wildman–Crippen MR) is 114 cm³/mol. The Hall–Kier alpha value is -3.61. The van der Waals surface area contributed by atoms with Crippen LogP contribution in [0.1, 0.15) is 18.4 Å². The molecule has 7 heteroatoms. The second-order valence-electron chi connectivity index (χ2n) is 6.72. The van der Waals surface area contributed by atoms with E-state index in [9.17, 15) is 9.59 Å². The second-order valence-corrected chi connectivity index (χ2v) is 6.72. The van der Waals surface area contributed by atoms with Gasteiger partial charge in [-0.15, -0.1) is 0 Å². The van der Waals surface area contributed by atoms with Crippen LogP contribution in [-0.2, 0) is 16.0 Å². The van der Waals surface area contributed by atoms with E-state index in [0.717, 1.165) is 5.56 Å². The highest BCUT2D eigenvalue weighted by atomic mass is 16.5. The van der Waals surface area contributed by atoms with Gasteiger partial charge >= 0.3 is 0 Å². The molecule has 0 atom stereocenters. The number of hydrogen-bond acceptors (Lipinski definition) is 5. The van der Waals surface area contributed by atoms with Crippen molar-refractivity contribution in [2.24, 2.45) is 0 Å². The molecule has 0 aliphatic carbocycles. The Balaban J connectivity index is 1.65. The molecule has 0 aliphatic rings. The third-order valence-corrected chi connectivity index (χ3v) is 4.68. The summed E-state index contributed by atoms with van der Waals surface area (Å²) in [7, 11) is 1.54. The van der Waals surface area contributed by atoms with Gasteiger partial charge in [0.25, 0.3) is 0 Å². The maximum atomic E-state index is 12.8. The lowest BCUT2D eigenvalue weighted by Crippen LogP contribution is -2.38. The number of carbonyl (C=O) groups excluding carboxylic acids is 2. The van der Waals surface area contributed by atoms with Crippen LogP contribution in [0.4, 0.5) is 5.69 Å². The number of amides is 2. The van der Waals surface area contributed by atoms with E-state index in [1.807, 2.05) is 43.3 Å². The third-order valence-electron chi connectivity index (χ3n) is 4.68. The second kappa shape index (κ2) is 9.73. The van der Waals surface area contributed by atoms with Crippen molar-refractivity contribution in [3.8, 4) is 17.2 Å². The first-order valence-electron chi connectivity index (χ1n) is 9.74. The van der Waals surface area contributed by atoms with Crippen LogP contribution in [0, 0.1) is 6.92 Å². The average molecular weight is 407 g/mol. The average Bonchev–Trinajstić information content (AvgIpc) is 3.13. The molecule has 0 aliphatic heterocycles. The molecule has 0 spiro atoms. The minimum absolute atomic E-state index is 0.0597. The fraction of sp³-hybridized carbons (Fsp3) is 0.261. The van der Waals surface area contributed by atoms with Crippen molar-refractivity contribution in [2.75, 3.05) is 25.5 Å². The number of para-hydroxylation sites is 2. The highest BCUT2D eigenvalue weighted by Crippen LogP contribution is 2.23. The molecule has 1 heterocycles. The fourth-order valence-corrected chi connectivity index (χ4v) is 3.04. The first-order chi connectivity index (χ1) is 14.5. The van der Waals surface area contributed by atoms with Crippen molar-refractivity contribution >= 4 is 17.5 Å². The Morgan fingerprint density at radius 3 is 2.50 bits per heavy atom. The SMILES string of the molecule is CCN(CC(=O)Nc1ccccc1OC)C(=O)Cc1nc(-c2ccccc2)oc1C. The normalized spacial score (nSPS) is 10.5. The minimum Gasteiger partial charge on any atom is -0.495 e. The monoisotopic (exact) mass is 407 g/mol. The lowest BCUT2D eigenvalue weighted by Gasteiger charge is -2.20. The van der Waals surface area contributed by atoms with E-state index >= 15 is 0 Å². The molecule has 0 radical (unpaired) electrons. The van der Waals surface area contributed by atoms with E-state index in [4.69, 9.17) is 9.15 Å². The largest absolute Gasteiger partial charge is 0.495 e. The number of benzene rings is 2. The summed E-state index contributed by atoms with van der Waals surface area (Å²) in [6.07, 6.45) is 0.0674. The number of anilines is 1. The quantitative estimate of drug-likeness (QED) is 0.616. The van der Waals surface area contributed by atoms with Crippen molar-refractivity contribution in [1.29, 1.82) is 0 Å². The number of nitrogens with one attached hydrogen (secondary N) is 1. The van der Waals surface area contributed by atoms with E-state index in [-0.39, 0.29) is 24.8 Å². The Morgan fingerprint density at radius 2 is 1.80 bits per heavy atom. The van der Waals surface area contributed by atoms with Gasteiger partial charge in [-0.2, -0.15) is 0 Å². The van der Waals surface area contributed by atoms with Gasteiger partial charge in [0.2, 0.25) is 17.7 Å². The molecule has 2 aromatic carbocycles. The van der Waals surface area contributed by atoms with Crippen LogP contribution in [0.15, 0.2) is 59.0 Å². The summed E-state index contributed by atoms with van der Waals surface area (Å²) in [6, 6.07) is 16.7. The van der Waals surface area contributed by atoms with Crippen LogP contribution in [0.3, 0.4) is 0 Å². The van der Waals surface area contributed by atoms with Crippen molar-refractivity contribution in [1.82, 2.24) is 9.88 Å². The first-order valence-corrected chi connectivity index (χ1v) is 9.74. The molecule has 30 heavy (non-hydrogen) atoms.